The summed E-state index contributed by atoms with van der Waals surface area (Å²) in [6.07, 6.45) is 0. The third-order valence-corrected chi connectivity index (χ3v) is 4.81. The van der Waals surface area contributed by atoms with Crippen molar-refractivity contribution in [1.29, 1.82) is 0 Å². The summed E-state index contributed by atoms with van der Waals surface area (Å²) in [6.45, 7) is 2.53. The van der Waals surface area contributed by atoms with Gasteiger partial charge in [0.25, 0.3) is 0 Å². The summed E-state index contributed by atoms with van der Waals surface area (Å²) in [5.74, 6) is -11.7. The van der Waals surface area contributed by atoms with Crippen LogP contribution in [0.15, 0.2) is 36.4 Å². The van der Waals surface area contributed by atoms with E-state index in [1.165, 1.54) is 6.92 Å². The summed E-state index contributed by atoms with van der Waals surface area (Å²) in [6, 6.07) is 4.89. The van der Waals surface area contributed by atoms with Crippen LogP contribution in [-0.4, -0.2) is 61.1 Å². The van der Waals surface area contributed by atoms with Crippen LogP contribution in [0.2, 0.25) is 0 Å². The van der Waals surface area contributed by atoms with Gasteiger partial charge in [-0.3, -0.25) is 4.79 Å². The van der Waals surface area contributed by atoms with Crippen LogP contribution in [0.25, 0.3) is 0 Å². The molecule has 0 amide bonds. The Morgan fingerprint density at radius 1 is 0.564 bits per heavy atom. The van der Waals surface area contributed by atoms with E-state index in [1.54, 1.807) is 0 Å². The first-order valence-corrected chi connectivity index (χ1v) is 10.8. The lowest BCUT2D eigenvalue weighted by Crippen LogP contribution is -2.12. The highest BCUT2D eigenvalue weighted by molar-refractivity contribution is 5.96. The maximum absolute atomic E-state index is 12.7. The van der Waals surface area contributed by atoms with E-state index in [9.17, 15) is 49.8 Å². The number of rotatable bonds is 7. The maximum Gasteiger partial charge on any atom is 0.343 e. The van der Waals surface area contributed by atoms with Gasteiger partial charge >= 0.3 is 23.9 Å². The number of esters is 4. The van der Waals surface area contributed by atoms with E-state index in [2.05, 4.69) is 0 Å². The molecule has 0 saturated heterocycles. The number of hydrogen-bond donors (Lipinski definition) is 6. The molecular weight excluding hydrogens is 524 g/mol. The van der Waals surface area contributed by atoms with E-state index in [0.29, 0.717) is 0 Å². The quantitative estimate of drug-likeness (QED) is 0.143. The van der Waals surface area contributed by atoms with Gasteiger partial charge in [-0.15, -0.1) is 0 Å². The average Bonchev–Trinajstić information content (AvgIpc) is 2.86. The predicted octanol–water partition coefficient (Wildman–Crippen LogP) is 2.46. The molecule has 0 heterocycles. The molecule has 0 saturated carbocycles. The molecule has 0 bridgehead atoms. The first-order valence-electron chi connectivity index (χ1n) is 10.8. The standard InChI is InChI=1S/C25H20O14/c1-3-36-23(33)11-4-14(27)21(31)18(7-11)38-25(35)13-6-16(29)22(32)19(9-13)39-24(34)12-5-15(28)20(30)17(8-12)37-10(2)26/h4-9,27-32H,3H2,1-2H3. The van der Waals surface area contributed by atoms with Gasteiger partial charge in [0.2, 0.25) is 17.2 Å². The van der Waals surface area contributed by atoms with Gasteiger partial charge in [-0.1, -0.05) is 0 Å². The highest BCUT2D eigenvalue weighted by Crippen LogP contribution is 2.41. The fourth-order valence-electron chi connectivity index (χ4n) is 3.05. The van der Waals surface area contributed by atoms with Gasteiger partial charge < -0.3 is 49.6 Å². The van der Waals surface area contributed by atoms with Crippen LogP contribution in [0, 0.1) is 0 Å². The van der Waals surface area contributed by atoms with E-state index in [0.717, 1.165) is 43.3 Å². The molecule has 0 aliphatic carbocycles. The van der Waals surface area contributed by atoms with Crippen LogP contribution in [0.1, 0.15) is 44.9 Å². The van der Waals surface area contributed by atoms with Crippen LogP contribution in [0.3, 0.4) is 0 Å². The van der Waals surface area contributed by atoms with Gasteiger partial charge in [-0.05, 0) is 43.3 Å². The third kappa shape index (κ3) is 6.19. The number of hydrogen-bond acceptors (Lipinski definition) is 14. The Bertz CT molecular complexity index is 1490. The van der Waals surface area contributed by atoms with Crippen molar-refractivity contribution in [1.82, 2.24) is 0 Å². The summed E-state index contributed by atoms with van der Waals surface area (Å²) in [5, 5.41) is 59.7. The largest absolute Gasteiger partial charge is 0.504 e. The second-order valence-electron chi connectivity index (χ2n) is 7.62. The third-order valence-electron chi connectivity index (χ3n) is 4.81. The summed E-state index contributed by atoms with van der Waals surface area (Å²) in [5.41, 5.74) is -1.25. The van der Waals surface area contributed by atoms with Crippen molar-refractivity contribution < 1.29 is 68.8 Å². The molecule has 0 fully saturated rings. The van der Waals surface area contributed by atoms with Crippen LogP contribution in [0.5, 0.6) is 51.7 Å². The van der Waals surface area contributed by atoms with Gasteiger partial charge in [-0.25, -0.2) is 14.4 Å². The second-order valence-corrected chi connectivity index (χ2v) is 7.62. The molecule has 6 N–H and O–H groups in total. The average molecular weight is 544 g/mol. The van der Waals surface area contributed by atoms with Crippen molar-refractivity contribution in [2.75, 3.05) is 6.61 Å². The summed E-state index contributed by atoms with van der Waals surface area (Å²) < 4.78 is 19.5. The van der Waals surface area contributed by atoms with Crippen molar-refractivity contribution in [2.45, 2.75) is 13.8 Å². The number of carbonyl (C=O) groups is 4. The minimum atomic E-state index is -1.29. The lowest BCUT2D eigenvalue weighted by atomic mass is 10.1. The summed E-state index contributed by atoms with van der Waals surface area (Å²) in [7, 11) is 0. The van der Waals surface area contributed by atoms with Crippen LogP contribution in [0.4, 0.5) is 0 Å². The normalized spacial score (nSPS) is 10.4. The number of phenols is 6. The number of carbonyl (C=O) groups excluding carboxylic acids is 4. The zero-order valence-corrected chi connectivity index (χ0v) is 20.1. The van der Waals surface area contributed by atoms with Gasteiger partial charge in [-0.2, -0.15) is 0 Å². The van der Waals surface area contributed by atoms with E-state index in [4.69, 9.17) is 18.9 Å². The predicted molar refractivity (Wildman–Crippen MR) is 126 cm³/mol. The number of benzene rings is 3. The van der Waals surface area contributed by atoms with Crippen molar-refractivity contribution in [3.8, 4) is 51.7 Å². The second kappa shape index (κ2) is 11.2. The SMILES string of the molecule is CCOC(=O)c1cc(O)c(O)c(OC(=O)c2cc(O)c(O)c(OC(=O)c3cc(O)c(O)c(OC(C)=O)c3)c2)c1. The zero-order valence-electron chi connectivity index (χ0n) is 20.1. The van der Waals surface area contributed by atoms with Crippen molar-refractivity contribution in [2.24, 2.45) is 0 Å². The van der Waals surface area contributed by atoms with E-state index >= 15 is 0 Å². The van der Waals surface area contributed by atoms with Gasteiger partial charge in [0.05, 0.1) is 23.3 Å². The van der Waals surface area contributed by atoms with Crippen LogP contribution >= 0.6 is 0 Å². The molecule has 0 spiro atoms. The topological polar surface area (TPSA) is 227 Å². The van der Waals surface area contributed by atoms with E-state index in [1.807, 2.05) is 0 Å². The van der Waals surface area contributed by atoms with E-state index < -0.39 is 86.7 Å². The Labute approximate surface area is 218 Å². The van der Waals surface area contributed by atoms with Crippen molar-refractivity contribution >= 4 is 23.9 Å². The van der Waals surface area contributed by atoms with Crippen LogP contribution in [-0.2, 0) is 9.53 Å². The smallest absolute Gasteiger partial charge is 0.343 e. The first-order chi connectivity index (χ1) is 18.3. The molecule has 0 unspecified atom stereocenters. The minimum absolute atomic E-state index is 0.00129. The summed E-state index contributed by atoms with van der Waals surface area (Å²) in [4.78, 5) is 48.5. The van der Waals surface area contributed by atoms with Gasteiger partial charge in [0.1, 0.15) is 0 Å². The zero-order chi connectivity index (χ0) is 29.0. The molecule has 3 aromatic carbocycles. The van der Waals surface area contributed by atoms with Crippen LogP contribution < -0.4 is 14.2 Å². The monoisotopic (exact) mass is 544 g/mol. The number of phenolic OH excluding ortho intramolecular Hbond substituents is 6. The Morgan fingerprint density at radius 2 is 0.897 bits per heavy atom. The Balaban J connectivity index is 1.91. The molecule has 0 aromatic heterocycles. The molecule has 14 nitrogen and oxygen atoms in total. The first kappa shape index (κ1) is 27.9. The molecule has 39 heavy (non-hydrogen) atoms. The Morgan fingerprint density at radius 3 is 1.23 bits per heavy atom. The van der Waals surface area contributed by atoms with Gasteiger partial charge in [0, 0.05) is 6.92 Å². The fraction of sp³-hybridized carbons (Fsp3) is 0.120. The molecule has 3 rings (SSSR count). The number of ether oxygens (including phenoxy) is 4. The summed E-state index contributed by atoms with van der Waals surface area (Å²) >= 11 is 0. The highest BCUT2D eigenvalue weighted by atomic mass is 16.6. The lowest BCUT2D eigenvalue weighted by Gasteiger charge is -2.13. The molecule has 14 heteroatoms. The van der Waals surface area contributed by atoms with E-state index in [-0.39, 0.29) is 12.2 Å². The molecule has 0 aliphatic rings. The van der Waals surface area contributed by atoms with Crippen molar-refractivity contribution in [3.63, 3.8) is 0 Å². The molecule has 204 valence electrons. The molecule has 0 atom stereocenters. The Hall–Kier alpha value is -5.66. The molecule has 0 radical (unpaired) electrons. The highest BCUT2D eigenvalue weighted by Gasteiger charge is 2.24. The molecule has 3 aromatic rings. The molecule has 0 aliphatic heterocycles. The Kier molecular flexibility index (Phi) is 7.99. The fourth-order valence-corrected chi connectivity index (χ4v) is 3.05. The maximum atomic E-state index is 12.7. The number of aromatic hydroxyl groups is 6. The van der Waals surface area contributed by atoms with Gasteiger partial charge in [0.15, 0.2) is 34.5 Å². The molecular formula is C25H20O14. The van der Waals surface area contributed by atoms with Crippen molar-refractivity contribution in [3.05, 3.63) is 53.1 Å². The lowest BCUT2D eigenvalue weighted by molar-refractivity contribution is -0.132. The minimum Gasteiger partial charge on any atom is -0.504 e.